The molecule has 0 aliphatic heterocycles. The summed E-state index contributed by atoms with van der Waals surface area (Å²) in [6.07, 6.45) is 1.04. The smallest absolute Gasteiger partial charge is 0.187 e. The predicted molar refractivity (Wildman–Crippen MR) is 545 cm³/mol. The molecule has 0 unspecified atom stereocenters. The first-order valence-electron chi connectivity index (χ1n) is 42.4. The molecule has 10 rings (SSSR count). The zero-order chi connectivity index (χ0) is 95.5. The second-order valence-corrected chi connectivity index (χ2v) is 43.8. The van der Waals surface area contributed by atoms with Crippen molar-refractivity contribution in [3.05, 3.63) is 315 Å². The molecule has 0 aliphatic rings. The SMILES string of the molecule is CC(C)(C)c1ccc(Br)cc1.CC(C)(C)c1cccc(Cl)c1.CC(C)(C)c1cccc(Cl)c1Cl.COc1cc(OC)cc(C(C)(C)C)c1.COc1ccc(C(C)(C)C)c(OC)c1.COc1ccc(CC(C)(C)C)cc1OC.COc1cccc(C(C)(C)C)c1.Cc1cc(Cl)ccc1C(C)(C)C.Cc1ccc(C(C)(C)C)cc1.[C-]#[N+]c1ccc(C(C)(C)C)cc1. The van der Waals surface area contributed by atoms with Crippen LogP contribution in [0.15, 0.2) is 217 Å². The molecule has 0 aromatic heterocycles. The summed E-state index contributed by atoms with van der Waals surface area (Å²) in [5, 5.41) is 2.94. The molecule has 0 aliphatic carbocycles. The summed E-state index contributed by atoms with van der Waals surface area (Å²) in [4.78, 5) is 3.34. The van der Waals surface area contributed by atoms with Gasteiger partial charge in [0.2, 0.25) is 0 Å². The average molecular weight is 1840 g/mol. The van der Waals surface area contributed by atoms with Crippen molar-refractivity contribution >= 4 is 68.0 Å². The number of rotatable bonds is 8. The lowest BCUT2D eigenvalue weighted by Crippen LogP contribution is -2.12. The zero-order valence-electron chi connectivity index (χ0n) is 83.1. The van der Waals surface area contributed by atoms with Crippen LogP contribution in [0.4, 0.5) is 5.69 Å². The summed E-state index contributed by atoms with van der Waals surface area (Å²) >= 11 is 27.1. The summed E-state index contributed by atoms with van der Waals surface area (Å²) in [5.41, 5.74) is 18.0. The van der Waals surface area contributed by atoms with Gasteiger partial charge >= 0.3 is 0 Å². The maximum Gasteiger partial charge on any atom is 0.187 e. The Labute approximate surface area is 782 Å². The first-order chi connectivity index (χ1) is 56.8. The number of methoxy groups -OCH3 is 7. The Balaban J connectivity index is 0.000000690. The van der Waals surface area contributed by atoms with Crippen LogP contribution in [0.25, 0.3) is 4.85 Å². The molecule has 124 heavy (non-hydrogen) atoms. The van der Waals surface area contributed by atoms with Gasteiger partial charge in [0.1, 0.15) is 28.7 Å². The maximum atomic E-state index is 6.80. The zero-order valence-corrected chi connectivity index (χ0v) is 87.7. The Hall–Kier alpha value is -8.07. The van der Waals surface area contributed by atoms with Crippen LogP contribution in [0.3, 0.4) is 0 Å². The summed E-state index contributed by atoms with van der Waals surface area (Å²) in [6.45, 7) is 76.7. The van der Waals surface area contributed by atoms with E-state index < -0.39 is 0 Å². The fourth-order valence-electron chi connectivity index (χ4n) is 11.9. The predicted octanol–water partition coefficient (Wildman–Crippen LogP) is 34.7. The summed E-state index contributed by atoms with van der Waals surface area (Å²) < 4.78 is 37.7. The van der Waals surface area contributed by atoms with Crippen LogP contribution in [0.1, 0.15) is 274 Å². The fraction of sp³-hybridized carbons (Fsp3) is 0.450. The third kappa shape index (κ3) is 43.9. The molecule has 8 nitrogen and oxygen atoms in total. The Morgan fingerprint density at radius 3 is 1.04 bits per heavy atom. The molecule has 0 saturated carbocycles. The van der Waals surface area contributed by atoms with Crippen LogP contribution < -0.4 is 33.2 Å². The minimum atomic E-state index is 0.0575. The van der Waals surface area contributed by atoms with Crippen molar-refractivity contribution in [1.82, 2.24) is 0 Å². The van der Waals surface area contributed by atoms with Crippen LogP contribution in [-0.4, -0.2) is 49.8 Å². The van der Waals surface area contributed by atoms with Crippen molar-refractivity contribution < 1.29 is 33.2 Å². The van der Waals surface area contributed by atoms with Gasteiger partial charge in [0.05, 0.1) is 66.4 Å². The lowest BCUT2D eigenvalue weighted by molar-refractivity contribution is 0.353. The van der Waals surface area contributed by atoms with E-state index in [0.29, 0.717) is 21.1 Å². The molecular formula is C111H154BrCl4NO7. The average Bonchev–Trinajstić information content (AvgIpc) is 1.04. The van der Waals surface area contributed by atoms with Gasteiger partial charge in [-0.2, -0.15) is 0 Å². The van der Waals surface area contributed by atoms with E-state index in [1.54, 1.807) is 55.8 Å². The van der Waals surface area contributed by atoms with Crippen molar-refractivity contribution in [2.45, 2.75) is 277 Å². The number of benzene rings is 10. The topological polar surface area (TPSA) is 69.0 Å². The Morgan fingerprint density at radius 2 is 0.669 bits per heavy atom. The summed E-state index contributed by atoms with van der Waals surface area (Å²) in [6, 6.07) is 71.0. The molecule has 0 fully saturated rings. The van der Waals surface area contributed by atoms with Gasteiger partial charge in [0, 0.05) is 26.7 Å². The van der Waals surface area contributed by atoms with Gasteiger partial charge < -0.3 is 33.2 Å². The first-order valence-corrected chi connectivity index (χ1v) is 44.7. The van der Waals surface area contributed by atoms with Gasteiger partial charge in [0.15, 0.2) is 17.2 Å². The van der Waals surface area contributed by atoms with E-state index in [0.717, 1.165) is 66.7 Å². The molecule has 0 N–H and O–H groups in total. The maximum absolute atomic E-state index is 6.80. The Kier molecular flexibility index (Phi) is 46.9. The second kappa shape index (κ2) is 51.1. The monoisotopic (exact) mass is 1830 g/mol. The number of nitrogens with zero attached hydrogens (tertiary/aromatic N) is 1. The Morgan fingerprint density at radius 1 is 0.290 bits per heavy atom. The van der Waals surface area contributed by atoms with E-state index in [-0.39, 0.29) is 48.7 Å². The van der Waals surface area contributed by atoms with E-state index in [1.807, 2.05) is 121 Å². The molecule has 0 bridgehead atoms. The van der Waals surface area contributed by atoms with E-state index in [4.69, 9.17) is 86.1 Å². The molecule has 13 heteroatoms. The third-order valence-corrected chi connectivity index (χ3v) is 21.3. The summed E-state index contributed by atoms with van der Waals surface area (Å²) in [5.74, 6) is 5.92. The standard InChI is InChI=1S/C13H20O2.2C12H18O2.C11H15Cl.C11H13N.C11H16O.C11H16.C10H13Br.C10H12Cl2.C10H13Cl/c1-13(2,3)9-10-6-7-11(14-4)12(8-10)15-5;1-12(2,3)9-6-10(13-4)8-11(7-9)14-5;1-12(2,3)10-7-6-9(13-4)8-11(10)14-5;1-8-7-9(12)5-6-10(8)11(2,3)4;1-11(2,3)9-5-7-10(12-4)8-6-9;1-11(2,3)9-6-5-7-10(8-9)12-4;1-9-5-7-10(8-6-9)11(2,3)4;1-10(2,3)8-4-6-9(11)7-5-8;1-10(2,3)7-5-4-6-8(11)9(7)12;1-10(2,3)8-5-4-6-9(11)7-8/h6-8H,9H2,1-5H3;2*6-8H,1-5H3;5-7H,1-4H3;5-8H,1-3H3;5-8H,1-4H3;5-8H,1-4H3;4-7H,1-3H3;4-6H,1-3H3;4-7H,1-3H3. The van der Waals surface area contributed by atoms with Crippen molar-refractivity contribution in [1.29, 1.82) is 0 Å². The van der Waals surface area contributed by atoms with E-state index in [2.05, 4.69) is 327 Å². The third-order valence-electron chi connectivity index (χ3n) is 19.5. The minimum absolute atomic E-state index is 0.0575. The molecule has 680 valence electrons. The molecule has 10 aromatic carbocycles. The molecule has 0 saturated heterocycles. The highest BCUT2D eigenvalue weighted by Gasteiger charge is 2.23. The molecular weight excluding hydrogens is 1680 g/mol. The number of hydrogen-bond acceptors (Lipinski definition) is 7. The Bertz CT molecular complexity index is 4740. The van der Waals surface area contributed by atoms with Gasteiger partial charge in [-0.1, -0.05) is 391 Å². The number of halogens is 5. The summed E-state index contributed by atoms with van der Waals surface area (Å²) in [7, 11) is 11.7. The van der Waals surface area contributed by atoms with Crippen LogP contribution in [0.2, 0.25) is 20.1 Å². The highest BCUT2D eigenvalue weighted by atomic mass is 79.9. The molecule has 0 heterocycles. The fourth-order valence-corrected chi connectivity index (χ4v) is 13.2. The molecule has 0 atom stereocenters. The quantitative estimate of drug-likeness (QED) is 0.140. The van der Waals surface area contributed by atoms with Crippen molar-refractivity contribution in [2.24, 2.45) is 5.41 Å². The van der Waals surface area contributed by atoms with Crippen LogP contribution >= 0.6 is 62.3 Å². The molecule has 10 aromatic rings. The lowest BCUT2D eigenvalue weighted by atomic mass is 9.84. The lowest BCUT2D eigenvalue weighted by Gasteiger charge is -2.22. The molecule has 0 spiro atoms. The van der Waals surface area contributed by atoms with Crippen LogP contribution in [0, 0.1) is 25.8 Å². The van der Waals surface area contributed by atoms with Gasteiger partial charge in [-0.15, -0.1) is 0 Å². The largest absolute Gasteiger partial charge is 0.497 e. The van der Waals surface area contributed by atoms with Gasteiger partial charge in [-0.3, -0.25) is 0 Å². The van der Waals surface area contributed by atoms with E-state index >= 15 is 0 Å². The number of aryl methyl sites for hydroxylation is 2. The van der Waals surface area contributed by atoms with Gasteiger partial charge in [-0.25, -0.2) is 4.85 Å². The van der Waals surface area contributed by atoms with E-state index in [1.165, 1.54) is 61.2 Å². The van der Waals surface area contributed by atoms with E-state index in [9.17, 15) is 0 Å². The molecule has 0 radical (unpaired) electrons. The van der Waals surface area contributed by atoms with Crippen molar-refractivity contribution in [2.75, 3.05) is 49.8 Å². The number of ether oxygens (including phenoxy) is 7. The first kappa shape index (κ1) is 114. The second-order valence-electron chi connectivity index (χ2n) is 41.2. The van der Waals surface area contributed by atoms with Crippen LogP contribution in [-0.2, 0) is 55.2 Å². The van der Waals surface area contributed by atoms with Gasteiger partial charge in [0.25, 0.3) is 0 Å². The highest BCUT2D eigenvalue weighted by molar-refractivity contribution is 9.10. The number of hydrogen-bond donors (Lipinski definition) is 0. The molecule has 0 amide bonds. The van der Waals surface area contributed by atoms with Crippen molar-refractivity contribution in [3.63, 3.8) is 0 Å². The van der Waals surface area contributed by atoms with Gasteiger partial charge in [-0.05, 0) is 221 Å². The highest BCUT2D eigenvalue weighted by Crippen LogP contribution is 2.38. The normalized spacial score (nSPS) is 11.4. The van der Waals surface area contributed by atoms with Crippen LogP contribution in [0.5, 0.6) is 40.2 Å². The minimum Gasteiger partial charge on any atom is -0.497 e. The van der Waals surface area contributed by atoms with Crippen molar-refractivity contribution in [3.8, 4) is 40.2 Å².